The first kappa shape index (κ1) is 19.5. The van der Waals surface area contributed by atoms with Crippen molar-refractivity contribution in [1.29, 1.82) is 0 Å². The summed E-state index contributed by atoms with van der Waals surface area (Å²) in [6, 6.07) is 13.3. The summed E-state index contributed by atoms with van der Waals surface area (Å²) < 4.78 is 5.14. The minimum absolute atomic E-state index is 0.0413. The van der Waals surface area contributed by atoms with Crippen molar-refractivity contribution in [2.45, 2.75) is 25.9 Å². The summed E-state index contributed by atoms with van der Waals surface area (Å²) in [5.74, 6) is -0.767. The third-order valence-electron chi connectivity index (χ3n) is 4.64. The molecule has 0 bridgehead atoms. The van der Waals surface area contributed by atoms with Crippen molar-refractivity contribution in [3.05, 3.63) is 69.8 Å². The molecular weight excluding hydrogens is 362 g/mol. The zero-order valence-electron chi connectivity index (χ0n) is 15.5. The van der Waals surface area contributed by atoms with Crippen molar-refractivity contribution in [3.8, 4) is 0 Å². The predicted octanol–water partition coefficient (Wildman–Crippen LogP) is 2.66. The number of amides is 1. The smallest absolute Gasteiger partial charge is 0.323 e. The van der Waals surface area contributed by atoms with Crippen LogP contribution in [0.5, 0.6) is 0 Å². The maximum atomic E-state index is 12.5. The Labute approximate surface area is 162 Å². The Kier molecular flexibility index (Phi) is 6.00. The third-order valence-corrected chi connectivity index (χ3v) is 4.64. The maximum Gasteiger partial charge on any atom is 0.323 e. The summed E-state index contributed by atoms with van der Waals surface area (Å²) in [6.07, 6.45) is -0.0535. The number of morpholine rings is 1. The number of nitrogens with one attached hydrogen (secondary N) is 1. The second-order valence-corrected chi connectivity index (χ2v) is 6.65. The van der Waals surface area contributed by atoms with E-state index in [1.165, 1.54) is 18.2 Å². The number of esters is 1. The Balaban J connectivity index is 1.68. The number of nitro benzene ring substituents is 1. The number of cyclic esters (lactones) is 1. The highest BCUT2D eigenvalue weighted by Crippen LogP contribution is 2.22. The van der Waals surface area contributed by atoms with Crippen molar-refractivity contribution < 1.29 is 19.2 Å². The van der Waals surface area contributed by atoms with Crippen LogP contribution in [-0.2, 0) is 20.9 Å². The average Bonchev–Trinajstić information content (AvgIpc) is 2.67. The number of benzene rings is 2. The molecule has 8 heteroatoms. The van der Waals surface area contributed by atoms with Crippen LogP contribution in [0, 0.1) is 17.0 Å². The summed E-state index contributed by atoms with van der Waals surface area (Å²) in [4.78, 5) is 37.0. The van der Waals surface area contributed by atoms with Gasteiger partial charge in [-0.05, 0) is 24.1 Å². The number of carbonyl (C=O) groups excluding carboxylic acids is 2. The van der Waals surface area contributed by atoms with Crippen molar-refractivity contribution in [1.82, 2.24) is 4.90 Å². The molecule has 3 rings (SSSR count). The summed E-state index contributed by atoms with van der Waals surface area (Å²) in [7, 11) is 0. The van der Waals surface area contributed by atoms with Crippen molar-refractivity contribution in [2.75, 3.05) is 18.5 Å². The van der Waals surface area contributed by atoms with Crippen LogP contribution in [0.4, 0.5) is 11.4 Å². The molecule has 8 nitrogen and oxygen atoms in total. The molecular formula is C20H21N3O5. The fourth-order valence-corrected chi connectivity index (χ4v) is 3.16. The van der Waals surface area contributed by atoms with E-state index < -0.39 is 16.9 Å². The quantitative estimate of drug-likeness (QED) is 0.467. The molecule has 0 radical (unpaired) electrons. The first-order chi connectivity index (χ1) is 13.4. The number of hydrogen-bond donors (Lipinski definition) is 1. The van der Waals surface area contributed by atoms with Gasteiger partial charge in [-0.1, -0.05) is 30.3 Å². The van der Waals surface area contributed by atoms with E-state index in [2.05, 4.69) is 5.32 Å². The molecule has 0 aliphatic carbocycles. The van der Waals surface area contributed by atoms with Crippen molar-refractivity contribution in [3.63, 3.8) is 0 Å². The molecule has 1 heterocycles. The largest absolute Gasteiger partial charge is 0.463 e. The van der Waals surface area contributed by atoms with Gasteiger partial charge < -0.3 is 10.1 Å². The molecule has 1 aliphatic rings. The Morgan fingerprint density at radius 1 is 1.29 bits per heavy atom. The number of nitrogens with zero attached hydrogens (tertiary/aromatic N) is 2. The summed E-state index contributed by atoms with van der Waals surface area (Å²) in [5.41, 5.74) is 2.07. The lowest BCUT2D eigenvalue weighted by molar-refractivity contribution is -0.384. The molecule has 1 fully saturated rings. The molecule has 1 aliphatic heterocycles. The maximum absolute atomic E-state index is 12.5. The molecule has 2 aromatic carbocycles. The Hall–Kier alpha value is -3.26. The average molecular weight is 383 g/mol. The Bertz CT molecular complexity index is 885. The van der Waals surface area contributed by atoms with Gasteiger partial charge in [0.15, 0.2) is 0 Å². The van der Waals surface area contributed by atoms with Gasteiger partial charge in [-0.3, -0.25) is 24.6 Å². The van der Waals surface area contributed by atoms with E-state index in [1.807, 2.05) is 35.2 Å². The molecule has 0 unspecified atom stereocenters. The first-order valence-corrected chi connectivity index (χ1v) is 8.93. The van der Waals surface area contributed by atoms with Crippen molar-refractivity contribution >= 4 is 23.3 Å². The number of ether oxygens (including phenoxy) is 1. The lowest BCUT2D eigenvalue weighted by Crippen LogP contribution is -2.49. The molecule has 1 atom stereocenters. The molecule has 146 valence electrons. The molecule has 1 saturated heterocycles. The molecule has 0 saturated carbocycles. The number of rotatable bonds is 6. The van der Waals surface area contributed by atoms with E-state index in [1.54, 1.807) is 6.92 Å². The van der Waals surface area contributed by atoms with Crippen LogP contribution in [-0.4, -0.2) is 40.9 Å². The van der Waals surface area contributed by atoms with Crippen LogP contribution in [0.25, 0.3) is 0 Å². The van der Waals surface area contributed by atoms with Gasteiger partial charge in [0, 0.05) is 30.9 Å². The number of hydrogen-bond acceptors (Lipinski definition) is 6. The molecule has 0 aromatic heterocycles. The van der Waals surface area contributed by atoms with Gasteiger partial charge in [0.25, 0.3) is 5.69 Å². The number of anilines is 1. The second kappa shape index (κ2) is 8.62. The van der Waals surface area contributed by atoms with Crippen LogP contribution in [0.1, 0.15) is 17.5 Å². The van der Waals surface area contributed by atoms with Crippen LogP contribution < -0.4 is 5.32 Å². The number of non-ortho nitro benzene ring substituents is 1. The molecule has 1 N–H and O–H groups in total. The second-order valence-electron chi connectivity index (χ2n) is 6.65. The number of carbonyl (C=O) groups is 2. The molecule has 1 amide bonds. The number of aryl methyl sites for hydroxylation is 1. The predicted molar refractivity (Wildman–Crippen MR) is 103 cm³/mol. The van der Waals surface area contributed by atoms with E-state index in [-0.39, 0.29) is 18.0 Å². The minimum atomic E-state index is -0.674. The highest BCUT2D eigenvalue weighted by atomic mass is 16.6. The van der Waals surface area contributed by atoms with Crippen LogP contribution in [0.15, 0.2) is 48.5 Å². The van der Waals surface area contributed by atoms with Gasteiger partial charge >= 0.3 is 5.97 Å². The van der Waals surface area contributed by atoms with Gasteiger partial charge in [0.1, 0.15) is 12.6 Å². The van der Waals surface area contributed by atoms with E-state index in [9.17, 15) is 19.7 Å². The number of nitro groups is 1. The van der Waals surface area contributed by atoms with E-state index >= 15 is 0 Å². The fourth-order valence-electron chi connectivity index (χ4n) is 3.16. The van der Waals surface area contributed by atoms with Gasteiger partial charge in [-0.15, -0.1) is 0 Å². The fraction of sp³-hybridized carbons (Fsp3) is 0.300. The first-order valence-electron chi connectivity index (χ1n) is 8.93. The van der Waals surface area contributed by atoms with Gasteiger partial charge in [-0.2, -0.15) is 0 Å². The zero-order chi connectivity index (χ0) is 20.1. The molecule has 0 spiro atoms. The van der Waals surface area contributed by atoms with E-state index in [4.69, 9.17) is 4.74 Å². The van der Waals surface area contributed by atoms with Crippen LogP contribution >= 0.6 is 0 Å². The SMILES string of the molecule is Cc1cc([N+](=O)[O-])ccc1NC(=O)C[C@@H]1C(=O)OCCN1Cc1ccccc1. The summed E-state index contributed by atoms with van der Waals surface area (Å²) in [6.45, 7) is 3.07. The highest BCUT2D eigenvalue weighted by Gasteiger charge is 2.33. The van der Waals surface area contributed by atoms with Crippen LogP contribution in [0.3, 0.4) is 0 Å². The minimum Gasteiger partial charge on any atom is -0.463 e. The van der Waals surface area contributed by atoms with Gasteiger partial charge in [-0.25, -0.2) is 0 Å². The molecule has 2 aromatic rings. The summed E-state index contributed by atoms with van der Waals surface area (Å²) >= 11 is 0. The normalized spacial score (nSPS) is 17.0. The third kappa shape index (κ3) is 4.72. The highest BCUT2D eigenvalue weighted by molar-refractivity contribution is 5.95. The summed E-state index contributed by atoms with van der Waals surface area (Å²) in [5, 5.41) is 13.6. The monoisotopic (exact) mass is 383 g/mol. The zero-order valence-corrected chi connectivity index (χ0v) is 15.5. The lowest BCUT2D eigenvalue weighted by atomic mass is 10.1. The molecule has 28 heavy (non-hydrogen) atoms. The van der Waals surface area contributed by atoms with Gasteiger partial charge in [0.2, 0.25) is 5.91 Å². The Morgan fingerprint density at radius 3 is 2.71 bits per heavy atom. The standard InChI is InChI=1S/C20H21N3O5/c1-14-11-16(23(26)27)7-8-17(14)21-19(24)12-18-20(25)28-10-9-22(18)13-15-5-3-2-4-6-15/h2-8,11,18H,9-10,12-13H2,1H3,(H,21,24)/t18-/m1/s1. The van der Waals surface area contributed by atoms with Gasteiger partial charge in [0.05, 0.1) is 11.3 Å². The lowest BCUT2D eigenvalue weighted by Gasteiger charge is -2.33. The van der Waals surface area contributed by atoms with Crippen molar-refractivity contribution in [2.24, 2.45) is 0 Å². The topological polar surface area (TPSA) is 102 Å². The Morgan fingerprint density at radius 2 is 2.04 bits per heavy atom. The van der Waals surface area contributed by atoms with E-state index in [0.29, 0.717) is 30.9 Å². The van der Waals surface area contributed by atoms with Crippen LogP contribution in [0.2, 0.25) is 0 Å². The van der Waals surface area contributed by atoms with E-state index in [0.717, 1.165) is 5.56 Å².